The van der Waals surface area contributed by atoms with Gasteiger partial charge in [-0.1, -0.05) is 29.8 Å². The molecule has 0 aromatic heterocycles. The third-order valence-electron chi connectivity index (χ3n) is 2.99. The number of halogens is 2. The minimum absolute atomic E-state index is 0. The van der Waals surface area contributed by atoms with Gasteiger partial charge in [0.05, 0.1) is 0 Å². The first kappa shape index (κ1) is 14.3. The highest BCUT2D eigenvalue weighted by atomic mass is 35.5. The molecule has 0 saturated carbocycles. The van der Waals surface area contributed by atoms with E-state index in [1.165, 1.54) is 0 Å². The molecule has 3 nitrogen and oxygen atoms in total. The highest BCUT2D eigenvalue weighted by Crippen LogP contribution is 2.23. The summed E-state index contributed by atoms with van der Waals surface area (Å²) < 4.78 is 0. The second-order valence-electron chi connectivity index (χ2n) is 4.20. The lowest BCUT2D eigenvalue weighted by molar-refractivity contribution is -0.139. The highest BCUT2D eigenvalue weighted by Gasteiger charge is 2.29. The summed E-state index contributed by atoms with van der Waals surface area (Å²) in [6, 6.07) is 7.33. The normalized spacial score (nSPS) is 23.1. The third kappa shape index (κ3) is 3.60. The number of carbonyl (C=O) groups is 1. The Labute approximate surface area is 112 Å². The third-order valence-corrected chi connectivity index (χ3v) is 3.36. The molecular weight excluding hydrogens is 261 g/mol. The average Bonchev–Trinajstić information content (AvgIpc) is 2.70. The van der Waals surface area contributed by atoms with E-state index in [0.29, 0.717) is 12.3 Å². The molecule has 0 bridgehead atoms. The molecule has 2 atom stereocenters. The van der Waals surface area contributed by atoms with E-state index in [1.807, 2.05) is 24.3 Å². The van der Waals surface area contributed by atoms with Crippen LogP contribution >= 0.6 is 24.0 Å². The number of aliphatic carboxylic acids is 1. The van der Waals surface area contributed by atoms with Crippen molar-refractivity contribution < 1.29 is 9.90 Å². The van der Waals surface area contributed by atoms with Crippen molar-refractivity contribution in [2.24, 2.45) is 5.92 Å². The Morgan fingerprint density at radius 2 is 2.18 bits per heavy atom. The van der Waals surface area contributed by atoms with E-state index >= 15 is 0 Å². The van der Waals surface area contributed by atoms with Gasteiger partial charge in [0.25, 0.3) is 0 Å². The van der Waals surface area contributed by atoms with Crippen LogP contribution in [0.1, 0.15) is 12.0 Å². The molecule has 5 heteroatoms. The Morgan fingerprint density at radius 1 is 1.47 bits per heavy atom. The van der Waals surface area contributed by atoms with E-state index in [1.54, 1.807) is 0 Å². The summed E-state index contributed by atoms with van der Waals surface area (Å²) >= 11 is 6.06. The lowest BCUT2D eigenvalue weighted by Crippen LogP contribution is -2.29. The topological polar surface area (TPSA) is 49.3 Å². The first-order valence-electron chi connectivity index (χ1n) is 5.36. The van der Waals surface area contributed by atoms with Gasteiger partial charge >= 0.3 is 5.97 Å². The van der Waals surface area contributed by atoms with E-state index in [0.717, 1.165) is 23.6 Å². The van der Waals surface area contributed by atoms with Gasteiger partial charge in [0.15, 0.2) is 0 Å². The van der Waals surface area contributed by atoms with Gasteiger partial charge in [0.1, 0.15) is 6.04 Å². The molecular formula is C12H15Cl2NO2. The Bertz CT molecular complexity index is 398. The van der Waals surface area contributed by atoms with Crippen molar-refractivity contribution >= 4 is 30.0 Å². The molecule has 1 aliphatic heterocycles. The molecule has 2 N–H and O–H groups in total. The first-order chi connectivity index (χ1) is 7.66. The van der Waals surface area contributed by atoms with Crippen molar-refractivity contribution in [2.45, 2.75) is 18.9 Å². The minimum atomic E-state index is -0.762. The number of carboxylic acid groups (broad SMARTS) is 1. The van der Waals surface area contributed by atoms with Gasteiger partial charge < -0.3 is 10.4 Å². The monoisotopic (exact) mass is 275 g/mol. The van der Waals surface area contributed by atoms with E-state index in [-0.39, 0.29) is 12.4 Å². The predicted octanol–water partition coefficient (Wildman–Crippen LogP) is 2.37. The molecule has 94 valence electrons. The second-order valence-corrected chi connectivity index (χ2v) is 4.60. The van der Waals surface area contributed by atoms with Gasteiger partial charge in [-0.3, -0.25) is 4.79 Å². The maximum atomic E-state index is 10.8. The summed E-state index contributed by atoms with van der Waals surface area (Å²) in [5.74, 6) is -0.400. The smallest absolute Gasteiger partial charge is 0.320 e. The largest absolute Gasteiger partial charge is 0.480 e. The molecule has 1 aromatic carbocycles. The number of nitrogens with one attached hydrogen (secondary N) is 1. The summed E-state index contributed by atoms with van der Waals surface area (Å²) in [6.45, 7) is 0.752. The van der Waals surface area contributed by atoms with Crippen LogP contribution < -0.4 is 5.32 Å². The molecule has 0 radical (unpaired) electrons. The first-order valence-corrected chi connectivity index (χ1v) is 5.74. The summed E-state index contributed by atoms with van der Waals surface area (Å²) in [7, 11) is 0. The van der Waals surface area contributed by atoms with Crippen molar-refractivity contribution in [1.29, 1.82) is 0 Å². The molecule has 1 saturated heterocycles. The summed E-state index contributed by atoms with van der Waals surface area (Å²) in [6.07, 6.45) is 1.52. The SMILES string of the molecule is Cl.O=C(O)C1CC(Cc2ccccc2Cl)CN1. The van der Waals surface area contributed by atoms with Crippen LogP contribution in [-0.4, -0.2) is 23.7 Å². The predicted molar refractivity (Wildman–Crippen MR) is 69.9 cm³/mol. The number of hydrogen-bond acceptors (Lipinski definition) is 2. The minimum Gasteiger partial charge on any atom is -0.480 e. The fourth-order valence-corrected chi connectivity index (χ4v) is 2.34. The fourth-order valence-electron chi connectivity index (χ4n) is 2.13. The zero-order valence-corrected chi connectivity index (χ0v) is 10.8. The molecule has 2 unspecified atom stereocenters. The van der Waals surface area contributed by atoms with Gasteiger partial charge in [0.2, 0.25) is 0 Å². The van der Waals surface area contributed by atoms with E-state index in [9.17, 15) is 4.79 Å². The zero-order chi connectivity index (χ0) is 11.5. The lowest BCUT2D eigenvalue weighted by Gasteiger charge is -2.09. The van der Waals surface area contributed by atoms with Gasteiger partial charge in [-0.05, 0) is 36.9 Å². The number of rotatable bonds is 3. The van der Waals surface area contributed by atoms with E-state index in [4.69, 9.17) is 16.7 Å². The Balaban J connectivity index is 0.00000144. The van der Waals surface area contributed by atoms with Crippen molar-refractivity contribution in [3.63, 3.8) is 0 Å². The Morgan fingerprint density at radius 3 is 2.76 bits per heavy atom. The Kier molecular flexibility index (Phi) is 5.25. The van der Waals surface area contributed by atoms with Crippen LogP contribution in [0.15, 0.2) is 24.3 Å². The number of benzene rings is 1. The summed E-state index contributed by atoms with van der Waals surface area (Å²) in [4.78, 5) is 10.8. The average molecular weight is 276 g/mol. The molecule has 1 heterocycles. The van der Waals surface area contributed by atoms with Crippen LogP contribution in [0.3, 0.4) is 0 Å². The molecule has 1 aliphatic rings. The van der Waals surface area contributed by atoms with Crippen LogP contribution in [0.5, 0.6) is 0 Å². The van der Waals surface area contributed by atoms with E-state index < -0.39 is 12.0 Å². The quantitative estimate of drug-likeness (QED) is 0.891. The van der Waals surface area contributed by atoms with Crippen LogP contribution in [0, 0.1) is 5.92 Å². The summed E-state index contributed by atoms with van der Waals surface area (Å²) in [5.41, 5.74) is 1.10. The van der Waals surface area contributed by atoms with Gasteiger partial charge in [0, 0.05) is 5.02 Å². The van der Waals surface area contributed by atoms with Crippen LogP contribution in [0.2, 0.25) is 5.02 Å². The molecule has 0 aliphatic carbocycles. The molecule has 1 fully saturated rings. The van der Waals surface area contributed by atoms with Crippen LogP contribution in [-0.2, 0) is 11.2 Å². The maximum Gasteiger partial charge on any atom is 0.320 e. The standard InChI is InChI=1S/C12H14ClNO2.ClH/c13-10-4-2-1-3-9(10)5-8-6-11(12(15)16)14-7-8;/h1-4,8,11,14H,5-7H2,(H,15,16);1H. The molecule has 0 amide bonds. The molecule has 1 aromatic rings. The van der Waals surface area contributed by atoms with Gasteiger partial charge in [-0.2, -0.15) is 0 Å². The number of hydrogen-bond donors (Lipinski definition) is 2. The number of carboxylic acids is 1. The van der Waals surface area contributed by atoms with E-state index in [2.05, 4.69) is 5.32 Å². The van der Waals surface area contributed by atoms with Crippen molar-refractivity contribution in [3.05, 3.63) is 34.9 Å². The molecule has 0 spiro atoms. The Hall–Kier alpha value is -0.770. The van der Waals surface area contributed by atoms with Crippen molar-refractivity contribution in [3.8, 4) is 0 Å². The molecule has 17 heavy (non-hydrogen) atoms. The maximum absolute atomic E-state index is 10.8. The highest BCUT2D eigenvalue weighted by molar-refractivity contribution is 6.31. The second kappa shape index (κ2) is 6.24. The summed E-state index contributed by atoms with van der Waals surface area (Å²) in [5, 5.41) is 12.6. The molecule has 2 rings (SSSR count). The van der Waals surface area contributed by atoms with Gasteiger partial charge in [-0.25, -0.2) is 0 Å². The van der Waals surface area contributed by atoms with Crippen LogP contribution in [0.25, 0.3) is 0 Å². The lowest BCUT2D eigenvalue weighted by atomic mass is 9.97. The van der Waals surface area contributed by atoms with Crippen molar-refractivity contribution in [2.75, 3.05) is 6.54 Å². The van der Waals surface area contributed by atoms with Crippen LogP contribution in [0.4, 0.5) is 0 Å². The van der Waals surface area contributed by atoms with Gasteiger partial charge in [-0.15, -0.1) is 12.4 Å². The fraction of sp³-hybridized carbons (Fsp3) is 0.417. The zero-order valence-electron chi connectivity index (χ0n) is 9.23. The van der Waals surface area contributed by atoms with Crippen molar-refractivity contribution in [1.82, 2.24) is 5.32 Å².